The Bertz CT molecular complexity index is 935. The minimum Gasteiger partial charge on any atom is -0.465 e. The van der Waals surface area contributed by atoms with E-state index in [0.29, 0.717) is 0 Å². The van der Waals surface area contributed by atoms with Gasteiger partial charge in [0.05, 0.1) is 16.8 Å². The first-order chi connectivity index (χ1) is 12.8. The molecule has 0 unspecified atom stereocenters. The Morgan fingerprint density at radius 1 is 1.04 bits per heavy atom. The van der Waals surface area contributed by atoms with Crippen LogP contribution in [0.2, 0.25) is 0 Å². The van der Waals surface area contributed by atoms with Gasteiger partial charge >= 0.3 is 5.97 Å². The van der Waals surface area contributed by atoms with E-state index in [0.717, 1.165) is 16.7 Å². The normalized spacial score (nSPS) is 24.4. The maximum atomic E-state index is 13.4. The second-order valence-corrected chi connectivity index (χ2v) is 9.20. The summed E-state index contributed by atoms with van der Waals surface area (Å²) >= 11 is 0. The van der Waals surface area contributed by atoms with E-state index in [2.05, 4.69) is 0 Å². The van der Waals surface area contributed by atoms with Gasteiger partial charge in [-0.1, -0.05) is 47.5 Å². The molecule has 144 valence electrons. The second kappa shape index (κ2) is 7.09. The van der Waals surface area contributed by atoms with Gasteiger partial charge in [-0.25, -0.2) is 8.42 Å². The van der Waals surface area contributed by atoms with Crippen molar-refractivity contribution in [2.45, 2.75) is 36.8 Å². The molecule has 3 atom stereocenters. The molecule has 2 aromatic carbocycles. The van der Waals surface area contributed by atoms with Gasteiger partial charge in [0.25, 0.3) is 0 Å². The molecule has 0 heterocycles. The topological polar surface area (TPSA) is 86.5 Å². The van der Waals surface area contributed by atoms with Crippen LogP contribution < -0.4 is 5.73 Å². The highest BCUT2D eigenvalue weighted by atomic mass is 32.2. The lowest BCUT2D eigenvalue weighted by Gasteiger charge is -2.14. The van der Waals surface area contributed by atoms with E-state index in [4.69, 9.17) is 10.5 Å². The number of esters is 1. The zero-order valence-electron chi connectivity index (χ0n) is 15.8. The minimum absolute atomic E-state index is 0.0832. The van der Waals surface area contributed by atoms with Crippen LogP contribution in [0.5, 0.6) is 0 Å². The average Bonchev–Trinajstić information content (AvgIpc) is 3.34. The average molecular weight is 388 g/mol. The largest absolute Gasteiger partial charge is 0.465 e. The third kappa shape index (κ3) is 3.17. The summed E-state index contributed by atoms with van der Waals surface area (Å²) < 4.78 is 32.0. The molecule has 0 aliphatic heterocycles. The van der Waals surface area contributed by atoms with Crippen LogP contribution in [0.4, 0.5) is 0 Å². The van der Waals surface area contributed by atoms with Crippen molar-refractivity contribution in [2.24, 2.45) is 11.1 Å². The Labute approximate surface area is 160 Å². The first kappa shape index (κ1) is 19.6. The van der Waals surface area contributed by atoms with E-state index in [9.17, 15) is 13.2 Å². The summed E-state index contributed by atoms with van der Waals surface area (Å²) in [5.74, 6) is -1.06. The van der Waals surface area contributed by atoms with Crippen molar-refractivity contribution in [3.63, 3.8) is 0 Å². The number of aryl methyl sites for hydroxylation is 2. The van der Waals surface area contributed by atoms with Crippen molar-refractivity contribution in [1.29, 1.82) is 0 Å². The van der Waals surface area contributed by atoms with E-state index >= 15 is 0 Å². The third-order valence-corrected chi connectivity index (χ3v) is 7.66. The van der Waals surface area contributed by atoms with Crippen molar-refractivity contribution in [3.8, 4) is 0 Å². The highest BCUT2D eigenvalue weighted by Gasteiger charge is 2.75. The number of sulfone groups is 1. The number of hydrogen-bond donors (Lipinski definition) is 1. The molecule has 1 saturated carbocycles. The van der Waals surface area contributed by atoms with Crippen LogP contribution >= 0.6 is 0 Å². The van der Waals surface area contributed by atoms with Crippen molar-refractivity contribution in [3.05, 3.63) is 65.2 Å². The predicted molar refractivity (Wildman–Crippen MR) is 104 cm³/mol. The molecule has 1 aliphatic carbocycles. The number of ether oxygens (including phenoxy) is 1. The number of carbonyl (C=O) groups is 1. The summed E-state index contributed by atoms with van der Waals surface area (Å²) in [4.78, 5) is 13.0. The Balaban J connectivity index is 2.10. The predicted octanol–water partition coefficient (Wildman–Crippen LogP) is 2.75. The lowest BCUT2D eigenvalue weighted by molar-refractivity contribution is -0.149. The number of nitrogens with two attached hydrogens (primary N) is 1. The van der Waals surface area contributed by atoms with Gasteiger partial charge in [0.1, 0.15) is 5.41 Å². The van der Waals surface area contributed by atoms with E-state index in [-0.39, 0.29) is 18.0 Å². The van der Waals surface area contributed by atoms with Crippen LogP contribution in [0.25, 0.3) is 0 Å². The van der Waals surface area contributed by atoms with Crippen LogP contribution in [0.3, 0.4) is 0 Å². The first-order valence-corrected chi connectivity index (χ1v) is 10.6. The Kier molecular flexibility index (Phi) is 5.14. The van der Waals surface area contributed by atoms with Crippen molar-refractivity contribution in [1.82, 2.24) is 0 Å². The van der Waals surface area contributed by atoms with Crippen molar-refractivity contribution < 1.29 is 17.9 Å². The molecule has 6 heteroatoms. The van der Waals surface area contributed by atoms with Crippen LogP contribution in [-0.4, -0.2) is 32.8 Å². The van der Waals surface area contributed by atoms with Gasteiger partial charge in [0.15, 0.2) is 9.84 Å². The molecule has 1 aliphatic rings. The van der Waals surface area contributed by atoms with E-state index in [1.807, 2.05) is 38.1 Å². The van der Waals surface area contributed by atoms with Crippen LogP contribution in [-0.2, 0) is 19.4 Å². The van der Waals surface area contributed by atoms with E-state index < -0.39 is 32.4 Å². The summed E-state index contributed by atoms with van der Waals surface area (Å²) in [5, 5.41) is -0.931. The smallest absolute Gasteiger partial charge is 0.315 e. The zero-order valence-corrected chi connectivity index (χ0v) is 16.6. The third-order valence-electron chi connectivity index (χ3n) is 5.37. The van der Waals surface area contributed by atoms with Crippen LogP contribution in [0, 0.1) is 19.3 Å². The van der Waals surface area contributed by atoms with Gasteiger partial charge < -0.3 is 10.5 Å². The Morgan fingerprint density at radius 3 is 2.04 bits per heavy atom. The number of rotatable bonds is 6. The second-order valence-electron chi connectivity index (χ2n) is 7.13. The number of carbonyl (C=O) groups excluding carboxylic acids is 1. The molecule has 0 spiro atoms. The lowest BCUT2D eigenvalue weighted by Crippen LogP contribution is -2.33. The summed E-state index contributed by atoms with van der Waals surface area (Å²) in [6.07, 6.45) is 0. The van der Waals surface area contributed by atoms with Crippen molar-refractivity contribution >= 4 is 15.8 Å². The molecule has 1 fully saturated rings. The Morgan fingerprint density at radius 2 is 1.56 bits per heavy atom. The molecule has 0 bridgehead atoms. The fourth-order valence-electron chi connectivity index (χ4n) is 3.82. The fraction of sp³-hybridized carbons (Fsp3) is 0.381. The molecular weight excluding hydrogens is 362 g/mol. The van der Waals surface area contributed by atoms with Crippen LogP contribution in [0.15, 0.2) is 53.4 Å². The summed E-state index contributed by atoms with van der Waals surface area (Å²) in [5.41, 5.74) is 7.55. The number of hydrogen-bond acceptors (Lipinski definition) is 5. The molecule has 5 nitrogen and oxygen atoms in total. The lowest BCUT2D eigenvalue weighted by atomic mass is 9.98. The van der Waals surface area contributed by atoms with Gasteiger partial charge in [0, 0.05) is 12.5 Å². The number of benzene rings is 2. The van der Waals surface area contributed by atoms with Gasteiger partial charge in [-0.3, -0.25) is 4.79 Å². The summed E-state index contributed by atoms with van der Waals surface area (Å²) in [6, 6.07) is 14.2. The zero-order chi connectivity index (χ0) is 19.8. The minimum atomic E-state index is -3.75. The molecule has 2 N–H and O–H groups in total. The van der Waals surface area contributed by atoms with Crippen LogP contribution in [0.1, 0.15) is 29.5 Å². The molecule has 2 aromatic rings. The Hall–Kier alpha value is -2.18. The monoisotopic (exact) mass is 387 g/mol. The molecular formula is C21H25NO4S. The standard InChI is InChI=1S/C21H25NO4S/c1-4-26-20(23)21(13-22)18(16-9-5-14(2)6-10-16)19(21)27(24,25)17-11-7-15(3)8-12-17/h5-12,18-19H,4,13,22H2,1-3H3/t18-,19+,21+/m0/s1. The molecule has 3 rings (SSSR count). The highest BCUT2D eigenvalue weighted by Crippen LogP contribution is 2.64. The maximum Gasteiger partial charge on any atom is 0.315 e. The quantitative estimate of drug-likeness (QED) is 0.770. The SMILES string of the molecule is CCOC(=O)[C@@]1(CN)[C@H](S(=O)(=O)c2ccc(C)cc2)[C@@H]1c1ccc(C)cc1. The maximum absolute atomic E-state index is 13.4. The molecule has 0 amide bonds. The highest BCUT2D eigenvalue weighted by molar-refractivity contribution is 7.92. The molecule has 0 radical (unpaired) electrons. The van der Waals surface area contributed by atoms with Gasteiger partial charge in [-0.2, -0.15) is 0 Å². The van der Waals surface area contributed by atoms with E-state index in [1.165, 1.54) is 0 Å². The van der Waals surface area contributed by atoms with Gasteiger partial charge in [-0.15, -0.1) is 0 Å². The van der Waals surface area contributed by atoms with Crippen molar-refractivity contribution in [2.75, 3.05) is 13.2 Å². The summed E-state index contributed by atoms with van der Waals surface area (Å²) in [6.45, 7) is 5.65. The first-order valence-electron chi connectivity index (χ1n) is 9.03. The molecule has 0 aromatic heterocycles. The molecule has 27 heavy (non-hydrogen) atoms. The van der Waals surface area contributed by atoms with E-state index in [1.54, 1.807) is 31.2 Å². The van der Waals surface area contributed by atoms with Gasteiger partial charge in [0.2, 0.25) is 0 Å². The van der Waals surface area contributed by atoms with Gasteiger partial charge in [-0.05, 0) is 38.5 Å². The fourth-order valence-corrected chi connectivity index (χ4v) is 6.20. The molecule has 0 saturated heterocycles. The summed E-state index contributed by atoms with van der Waals surface area (Å²) in [7, 11) is -3.75.